The third-order valence-corrected chi connectivity index (χ3v) is 4.38. The van der Waals surface area contributed by atoms with E-state index < -0.39 is 18.3 Å². The van der Waals surface area contributed by atoms with Gasteiger partial charge in [0.25, 0.3) is 5.56 Å². The molecule has 1 aromatic heterocycles. The van der Waals surface area contributed by atoms with Crippen LogP contribution in [0.1, 0.15) is 27.7 Å². The van der Waals surface area contributed by atoms with Crippen LogP contribution in [0.3, 0.4) is 0 Å². The Bertz CT molecular complexity index is 626. The number of nitrogens with zero attached hydrogens (tertiary/aromatic N) is 2. The summed E-state index contributed by atoms with van der Waals surface area (Å²) < 4.78 is 13.5. The van der Waals surface area contributed by atoms with E-state index in [4.69, 9.17) is 9.31 Å². The van der Waals surface area contributed by atoms with Gasteiger partial charge in [0.05, 0.1) is 16.9 Å². The van der Waals surface area contributed by atoms with Crippen molar-refractivity contribution >= 4 is 31.9 Å². The minimum atomic E-state index is -0.555. The minimum Gasteiger partial charge on any atom is -0.411 e. The smallest absolute Gasteiger partial charge is 0.411 e. The van der Waals surface area contributed by atoms with E-state index in [0.29, 0.717) is 11.9 Å². The monoisotopic (exact) mass is 303 g/mol. The van der Waals surface area contributed by atoms with Crippen molar-refractivity contribution in [3.8, 4) is 0 Å². The van der Waals surface area contributed by atoms with Crippen LogP contribution in [0, 0.1) is 0 Å². The number of anilines is 1. The van der Waals surface area contributed by atoms with Crippen LogP contribution in [0.25, 0.3) is 0 Å². The van der Waals surface area contributed by atoms with Gasteiger partial charge in [0.2, 0.25) is 0 Å². The average Bonchev–Trinajstić information content (AvgIpc) is 2.61. The number of rotatable bonds is 4. The van der Waals surface area contributed by atoms with Gasteiger partial charge in [-0.15, -0.1) is 0 Å². The summed E-state index contributed by atoms with van der Waals surface area (Å²) in [4.78, 5) is 24.3. The first-order valence-corrected chi connectivity index (χ1v) is 7.17. The summed E-state index contributed by atoms with van der Waals surface area (Å²) in [6, 6.07) is 1.70. The summed E-state index contributed by atoms with van der Waals surface area (Å²) in [5.74, 6) is 0. The zero-order chi connectivity index (χ0) is 16.7. The van der Waals surface area contributed by atoms with Gasteiger partial charge in [-0.2, -0.15) is 0 Å². The Morgan fingerprint density at radius 3 is 2.32 bits per heavy atom. The van der Waals surface area contributed by atoms with Crippen LogP contribution in [-0.2, 0) is 21.2 Å². The van der Waals surface area contributed by atoms with Crippen molar-refractivity contribution in [2.45, 2.75) is 38.9 Å². The van der Waals surface area contributed by atoms with Gasteiger partial charge in [-0.1, -0.05) is 0 Å². The Hall–Kier alpha value is -1.53. The number of pyridine rings is 1. The van der Waals surface area contributed by atoms with Crippen LogP contribution in [-0.4, -0.2) is 43.5 Å². The number of carbonyl (C=O) groups is 1. The SMILES string of the molecule is CN([B]C=O)c1cc(B2OC(C)(C)C(C)(C)O2)cn(C)c1=O. The Kier molecular flexibility index (Phi) is 4.28. The van der Waals surface area contributed by atoms with E-state index in [0.717, 1.165) is 5.46 Å². The van der Waals surface area contributed by atoms with E-state index in [1.54, 1.807) is 26.4 Å². The van der Waals surface area contributed by atoms with Crippen molar-refractivity contribution in [2.75, 3.05) is 11.9 Å². The highest BCUT2D eigenvalue weighted by Gasteiger charge is 2.51. The van der Waals surface area contributed by atoms with Gasteiger partial charge in [-0.25, -0.2) is 0 Å². The Morgan fingerprint density at radius 2 is 1.82 bits per heavy atom. The summed E-state index contributed by atoms with van der Waals surface area (Å²) in [5, 5.41) is 0. The molecule has 117 valence electrons. The molecule has 0 aliphatic carbocycles. The molecule has 0 aromatic carbocycles. The number of carbonyl (C=O) groups excluding carboxylic acids is 1. The first kappa shape index (κ1) is 16.8. The second-order valence-corrected chi connectivity index (χ2v) is 6.56. The maximum absolute atomic E-state index is 12.2. The summed E-state index contributed by atoms with van der Waals surface area (Å²) in [6.45, 7) is 7.90. The Labute approximate surface area is 131 Å². The molecule has 0 bridgehead atoms. The number of aryl methyl sites for hydroxylation is 1. The fourth-order valence-electron chi connectivity index (χ4n) is 2.25. The molecule has 0 saturated carbocycles. The molecule has 6 nitrogen and oxygen atoms in total. The van der Waals surface area contributed by atoms with Crippen molar-refractivity contribution in [1.82, 2.24) is 4.57 Å². The van der Waals surface area contributed by atoms with Crippen molar-refractivity contribution in [3.05, 3.63) is 22.6 Å². The number of hydrogen-bond acceptors (Lipinski definition) is 5. The average molecular weight is 303 g/mol. The maximum Gasteiger partial charge on any atom is 0.496 e. The van der Waals surface area contributed by atoms with E-state index in [1.807, 2.05) is 27.7 Å². The molecule has 0 spiro atoms. The molecule has 1 fully saturated rings. The Morgan fingerprint density at radius 1 is 1.27 bits per heavy atom. The molecule has 22 heavy (non-hydrogen) atoms. The van der Waals surface area contributed by atoms with Gasteiger partial charge in [-0.05, 0) is 40.8 Å². The predicted octanol–water partition coefficient (Wildman–Crippen LogP) is -0.0699. The molecule has 0 atom stereocenters. The molecular formula is C14H21B2N2O4. The van der Waals surface area contributed by atoms with Crippen LogP contribution in [0.5, 0.6) is 0 Å². The molecule has 1 saturated heterocycles. The Balaban J connectivity index is 2.42. The predicted molar refractivity (Wildman–Crippen MR) is 88.3 cm³/mol. The van der Waals surface area contributed by atoms with Crippen molar-refractivity contribution in [2.24, 2.45) is 7.05 Å². The summed E-state index contributed by atoms with van der Waals surface area (Å²) >= 11 is 0. The highest BCUT2D eigenvalue weighted by molar-refractivity contribution is 6.70. The second-order valence-electron chi connectivity index (χ2n) is 6.56. The number of hydrogen-bond donors (Lipinski definition) is 0. The quantitative estimate of drug-likeness (QED) is 0.576. The molecule has 1 aliphatic heterocycles. The summed E-state index contributed by atoms with van der Waals surface area (Å²) in [5.41, 5.74) is 0.0327. The molecule has 8 heteroatoms. The maximum atomic E-state index is 12.2. The summed E-state index contributed by atoms with van der Waals surface area (Å²) in [6.07, 6.45) is 2.34. The van der Waals surface area contributed by atoms with E-state index in [9.17, 15) is 9.59 Å². The third-order valence-electron chi connectivity index (χ3n) is 4.38. The molecule has 2 heterocycles. The fourth-order valence-corrected chi connectivity index (χ4v) is 2.25. The molecule has 0 unspecified atom stereocenters. The molecule has 1 aromatic rings. The normalized spacial score (nSPS) is 19.1. The van der Waals surface area contributed by atoms with Crippen molar-refractivity contribution < 1.29 is 14.1 Å². The van der Waals surface area contributed by atoms with E-state index in [1.165, 1.54) is 16.8 Å². The lowest BCUT2D eigenvalue weighted by Crippen LogP contribution is -2.41. The summed E-state index contributed by atoms with van der Waals surface area (Å²) in [7, 11) is 4.05. The molecule has 1 aliphatic rings. The zero-order valence-corrected chi connectivity index (χ0v) is 13.9. The molecule has 1 radical (unpaired) electrons. The highest BCUT2D eigenvalue weighted by Crippen LogP contribution is 2.36. The lowest BCUT2D eigenvalue weighted by atomic mass is 9.79. The first-order valence-electron chi connectivity index (χ1n) is 7.17. The van der Waals surface area contributed by atoms with E-state index in [-0.39, 0.29) is 5.56 Å². The van der Waals surface area contributed by atoms with Gasteiger partial charge in [0.15, 0.2) is 0 Å². The standard InChI is InChI=1S/C14H21B2N2O4/c1-13(2)14(3,4)22-16(21-13)10-7-11(18(6)15-9-19)12(20)17(5)8-10/h7-9H,1-6H3. The molecule has 2 rings (SSSR count). The number of aromatic nitrogens is 1. The molecule has 0 N–H and O–H groups in total. The van der Waals surface area contributed by atoms with Crippen molar-refractivity contribution in [1.29, 1.82) is 0 Å². The van der Waals surface area contributed by atoms with Crippen LogP contribution in [0.15, 0.2) is 17.1 Å². The molecular weight excluding hydrogens is 282 g/mol. The van der Waals surface area contributed by atoms with Gasteiger partial charge in [0.1, 0.15) is 6.19 Å². The largest absolute Gasteiger partial charge is 0.496 e. The first-order chi connectivity index (χ1) is 10.1. The molecule has 0 amide bonds. The van der Waals surface area contributed by atoms with Crippen LogP contribution in [0.2, 0.25) is 0 Å². The van der Waals surface area contributed by atoms with Gasteiger partial charge in [-0.3, -0.25) is 4.79 Å². The van der Waals surface area contributed by atoms with Gasteiger partial charge in [0, 0.05) is 18.7 Å². The van der Waals surface area contributed by atoms with Crippen LogP contribution in [0.4, 0.5) is 5.69 Å². The lowest BCUT2D eigenvalue weighted by Gasteiger charge is -2.32. The van der Waals surface area contributed by atoms with Crippen LogP contribution < -0.4 is 15.8 Å². The van der Waals surface area contributed by atoms with Crippen molar-refractivity contribution in [3.63, 3.8) is 0 Å². The van der Waals surface area contributed by atoms with Crippen LogP contribution >= 0.6 is 0 Å². The highest BCUT2D eigenvalue weighted by atomic mass is 16.7. The fraction of sp³-hybridized carbons (Fsp3) is 0.571. The van der Waals surface area contributed by atoms with Gasteiger partial charge >= 0.3 is 14.5 Å². The second kappa shape index (κ2) is 5.59. The van der Waals surface area contributed by atoms with E-state index in [2.05, 4.69) is 0 Å². The third kappa shape index (κ3) is 2.85. The minimum absolute atomic E-state index is 0.194. The zero-order valence-electron chi connectivity index (χ0n) is 13.9. The van der Waals surface area contributed by atoms with E-state index >= 15 is 0 Å². The topological polar surface area (TPSA) is 60.8 Å². The van der Waals surface area contributed by atoms with Gasteiger partial charge < -0.3 is 23.5 Å². The lowest BCUT2D eigenvalue weighted by molar-refractivity contribution is 0.00578.